The summed E-state index contributed by atoms with van der Waals surface area (Å²) in [7, 11) is 0. The zero-order chi connectivity index (χ0) is 12.6. The van der Waals surface area contributed by atoms with Gasteiger partial charge in [0.25, 0.3) is 0 Å². The third-order valence-electron chi connectivity index (χ3n) is 3.26. The van der Waals surface area contributed by atoms with E-state index < -0.39 is 11.5 Å². The van der Waals surface area contributed by atoms with Crippen LogP contribution in [0.1, 0.15) is 16.7 Å². The van der Waals surface area contributed by atoms with Crippen LogP contribution in [0.3, 0.4) is 0 Å². The number of hydrogen-bond acceptors (Lipinski definition) is 1. The van der Waals surface area contributed by atoms with Crippen molar-refractivity contribution in [3.05, 3.63) is 77.4 Å². The molecule has 88 valence electrons. The first-order valence-electron chi connectivity index (χ1n) is 5.79. The first-order valence-corrected chi connectivity index (χ1v) is 5.79. The largest absolute Gasteiger partial charge is 0.290 e. The molecule has 2 heteroatoms. The molecule has 0 heterocycles. The van der Waals surface area contributed by atoms with Crippen LogP contribution < -0.4 is 0 Å². The molecule has 0 N–H and O–H groups in total. The van der Waals surface area contributed by atoms with E-state index in [9.17, 15) is 4.79 Å². The Kier molecular flexibility index (Phi) is 2.37. The first kappa shape index (κ1) is 10.9. The maximum atomic E-state index is 15.3. The topological polar surface area (TPSA) is 17.1 Å². The summed E-state index contributed by atoms with van der Waals surface area (Å²) in [4.78, 5) is 12.0. The fourth-order valence-electron chi connectivity index (χ4n) is 2.33. The third kappa shape index (κ3) is 1.42. The number of halogens is 1. The van der Waals surface area contributed by atoms with E-state index in [0.717, 1.165) is 5.56 Å². The van der Waals surface area contributed by atoms with Gasteiger partial charge >= 0.3 is 0 Å². The second-order valence-corrected chi connectivity index (χ2v) is 4.31. The van der Waals surface area contributed by atoms with Gasteiger partial charge in [0.05, 0.1) is 0 Å². The van der Waals surface area contributed by atoms with Crippen LogP contribution in [0.2, 0.25) is 0 Å². The van der Waals surface area contributed by atoms with Crippen LogP contribution in [0.4, 0.5) is 4.39 Å². The van der Waals surface area contributed by atoms with Gasteiger partial charge in [-0.15, -0.1) is 0 Å². The van der Waals surface area contributed by atoms with E-state index in [1.54, 1.807) is 42.5 Å². The lowest BCUT2D eigenvalue weighted by Gasteiger charge is -2.28. The standard InChI is InChI=1S/C16H11FO/c17-16(13-7-2-1-3-8-13)14-9-5-4-6-12(14)10-11-15(16)18/h1-11H/t16-/m0/s1. The summed E-state index contributed by atoms with van der Waals surface area (Å²) < 4.78 is 15.3. The minimum atomic E-state index is -2.06. The highest BCUT2D eigenvalue weighted by atomic mass is 19.1. The lowest BCUT2D eigenvalue weighted by Crippen LogP contribution is -2.33. The Labute approximate surface area is 105 Å². The summed E-state index contributed by atoms with van der Waals surface area (Å²) in [6.07, 6.45) is 2.98. The Hall–Kier alpha value is -2.22. The molecule has 2 aromatic carbocycles. The molecule has 2 aromatic rings. The normalized spacial score (nSPS) is 21.7. The van der Waals surface area contributed by atoms with Crippen molar-refractivity contribution in [2.24, 2.45) is 0 Å². The molecule has 0 aromatic heterocycles. The molecule has 1 aliphatic rings. The van der Waals surface area contributed by atoms with E-state index in [1.165, 1.54) is 6.08 Å². The van der Waals surface area contributed by atoms with Gasteiger partial charge in [0.2, 0.25) is 11.5 Å². The Morgan fingerprint density at radius 3 is 2.28 bits per heavy atom. The van der Waals surface area contributed by atoms with Gasteiger partial charge in [0, 0.05) is 11.1 Å². The SMILES string of the molecule is O=C1C=Cc2ccccc2[C@@]1(F)c1ccccc1. The first-order chi connectivity index (χ1) is 8.73. The second-order valence-electron chi connectivity index (χ2n) is 4.31. The number of hydrogen-bond donors (Lipinski definition) is 0. The Morgan fingerprint density at radius 1 is 0.833 bits per heavy atom. The Balaban J connectivity index is 2.28. The highest BCUT2D eigenvalue weighted by molar-refractivity contribution is 6.06. The molecule has 0 saturated heterocycles. The number of rotatable bonds is 1. The number of ketones is 1. The van der Waals surface area contributed by atoms with Crippen LogP contribution in [-0.4, -0.2) is 5.78 Å². The molecule has 0 radical (unpaired) electrons. The van der Waals surface area contributed by atoms with Gasteiger partial charge < -0.3 is 0 Å². The van der Waals surface area contributed by atoms with Crippen molar-refractivity contribution in [1.29, 1.82) is 0 Å². The number of carbonyl (C=O) groups excluding carboxylic acids is 1. The van der Waals surface area contributed by atoms with E-state index in [1.807, 2.05) is 18.2 Å². The van der Waals surface area contributed by atoms with E-state index in [-0.39, 0.29) is 0 Å². The minimum Gasteiger partial charge on any atom is -0.290 e. The molecule has 0 amide bonds. The molecule has 1 aliphatic carbocycles. The molecule has 0 bridgehead atoms. The average molecular weight is 238 g/mol. The van der Waals surface area contributed by atoms with E-state index in [4.69, 9.17) is 0 Å². The van der Waals surface area contributed by atoms with Gasteiger partial charge in [-0.3, -0.25) is 4.79 Å². The van der Waals surface area contributed by atoms with Crippen LogP contribution in [0, 0.1) is 0 Å². The minimum absolute atomic E-state index is 0.381. The molecule has 0 saturated carbocycles. The third-order valence-corrected chi connectivity index (χ3v) is 3.26. The molecule has 1 nitrogen and oxygen atoms in total. The van der Waals surface area contributed by atoms with E-state index >= 15 is 4.39 Å². The molecule has 18 heavy (non-hydrogen) atoms. The maximum absolute atomic E-state index is 15.3. The van der Waals surface area contributed by atoms with Crippen LogP contribution in [0.25, 0.3) is 6.08 Å². The van der Waals surface area contributed by atoms with Crippen molar-refractivity contribution in [2.75, 3.05) is 0 Å². The summed E-state index contributed by atoms with van der Waals surface area (Å²) in [5, 5.41) is 0. The quantitative estimate of drug-likeness (QED) is 0.743. The fraction of sp³-hybridized carbons (Fsp3) is 0.0625. The van der Waals surface area contributed by atoms with E-state index in [2.05, 4.69) is 0 Å². The fourth-order valence-corrected chi connectivity index (χ4v) is 2.33. The van der Waals surface area contributed by atoms with Crippen molar-refractivity contribution in [2.45, 2.75) is 5.67 Å². The van der Waals surface area contributed by atoms with E-state index in [0.29, 0.717) is 11.1 Å². The summed E-state index contributed by atoms with van der Waals surface area (Å²) in [6.45, 7) is 0. The summed E-state index contributed by atoms with van der Waals surface area (Å²) in [6, 6.07) is 15.7. The van der Waals surface area contributed by atoms with Gasteiger partial charge in [-0.2, -0.15) is 0 Å². The number of alkyl halides is 1. The molecule has 0 unspecified atom stereocenters. The van der Waals surface area contributed by atoms with Crippen LogP contribution in [-0.2, 0) is 10.5 Å². The predicted octanol–water partition coefficient (Wildman–Crippen LogP) is 3.50. The maximum Gasteiger partial charge on any atom is 0.223 e. The molecule has 0 fully saturated rings. The average Bonchev–Trinajstić information content (AvgIpc) is 2.44. The van der Waals surface area contributed by atoms with Gasteiger partial charge in [-0.25, -0.2) is 4.39 Å². The zero-order valence-electron chi connectivity index (χ0n) is 9.64. The smallest absolute Gasteiger partial charge is 0.223 e. The number of allylic oxidation sites excluding steroid dienone is 1. The molecule has 1 atom stereocenters. The van der Waals surface area contributed by atoms with Crippen molar-refractivity contribution >= 4 is 11.9 Å². The van der Waals surface area contributed by atoms with Gasteiger partial charge in [-0.05, 0) is 11.6 Å². The predicted molar refractivity (Wildman–Crippen MR) is 68.8 cm³/mol. The van der Waals surface area contributed by atoms with Crippen molar-refractivity contribution in [3.8, 4) is 0 Å². The molecule has 0 aliphatic heterocycles. The van der Waals surface area contributed by atoms with Crippen molar-refractivity contribution < 1.29 is 9.18 Å². The summed E-state index contributed by atoms with van der Waals surface area (Å²) >= 11 is 0. The highest BCUT2D eigenvalue weighted by Crippen LogP contribution is 2.40. The number of benzene rings is 2. The Morgan fingerprint density at radius 2 is 1.50 bits per heavy atom. The lowest BCUT2D eigenvalue weighted by molar-refractivity contribution is -0.123. The van der Waals surface area contributed by atoms with Crippen molar-refractivity contribution in [3.63, 3.8) is 0 Å². The number of fused-ring (bicyclic) bond motifs is 1. The second kappa shape index (κ2) is 3.91. The summed E-state index contributed by atoms with van der Waals surface area (Å²) in [5.41, 5.74) is -0.508. The van der Waals surface area contributed by atoms with Gasteiger partial charge in [-0.1, -0.05) is 60.7 Å². The molecule has 0 spiro atoms. The highest BCUT2D eigenvalue weighted by Gasteiger charge is 2.43. The zero-order valence-corrected chi connectivity index (χ0v) is 9.64. The molecular weight excluding hydrogens is 227 g/mol. The summed E-state index contributed by atoms with van der Waals surface area (Å²) in [5.74, 6) is -0.521. The van der Waals surface area contributed by atoms with Crippen LogP contribution in [0.15, 0.2) is 60.7 Å². The molecular formula is C16H11FO. The van der Waals surface area contributed by atoms with Gasteiger partial charge in [0.15, 0.2) is 0 Å². The Bertz CT molecular complexity index is 631. The molecule has 3 rings (SSSR count). The monoisotopic (exact) mass is 238 g/mol. The van der Waals surface area contributed by atoms with Crippen LogP contribution in [0.5, 0.6) is 0 Å². The van der Waals surface area contributed by atoms with Crippen LogP contribution >= 0.6 is 0 Å². The lowest BCUT2D eigenvalue weighted by atomic mass is 9.79. The number of carbonyl (C=O) groups is 1. The van der Waals surface area contributed by atoms with Crippen molar-refractivity contribution in [1.82, 2.24) is 0 Å². The van der Waals surface area contributed by atoms with Gasteiger partial charge in [0.1, 0.15) is 0 Å².